The maximum absolute atomic E-state index is 12.6. The van der Waals surface area contributed by atoms with Crippen molar-refractivity contribution in [1.82, 2.24) is 19.9 Å². The van der Waals surface area contributed by atoms with E-state index in [1.165, 1.54) is 25.0 Å². The number of aromatic nitrogens is 4. The van der Waals surface area contributed by atoms with Gasteiger partial charge in [0.1, 0.15) is 11.3 Å². The zero-order chi connectivity index (χ0) is 25.8. The van der Waals surface area contributed by atoms with Gasteiger partial charge in [0.05, 0.1) is 5.69 Å². The number of rotatable bonds is 6. The molecular weight excluding hydrogens is 472 g/mol. The van der Waals surface area contributed by atoms with Gasteiger partial charge >= 0.3 is 0 Å². The molecule has 37 heavy (non-hydrogen) atoms. The fourth-order valence-corrected chi connectivity index (χ4v) is 4.67. The number of nitrogens with zero attached hydrogens (tertiary/aromatic N) is 5. The van der Waals surface area contributed by atoms with E-state index in [4.69, 9.17) is 4.98 Å². The molecule has 11 nitrogen and oxygen atoms in total. The Morgan fingerprint density at radius 2 is 1.51 bits per heavy atom. The number of amides is 1. The molecule has 0 unspecified atom stereocenters. The molecule has 0 bridgehead atoms. The maximum atomic E-state index is 12.6. The number of carbonyl (C=O) groups is 1. The molecule has 2 aromatic heterocycles. The summed E-state index contributed by atoms with van der Waals surface area (Å²) in [5.74, 6) is 0.970. The molecule has 4 N–H and O–H groups in total. The van der Waals surface area contributed by atoms with Crippen LogP contribution >= 0.6 is 0 Å². The predicted molar refractivity (Wildman–Crippen MR) is 143 cm³/mol. The molecule has 11 heteroatoms. The topological polar surface area (TPSA) is 139 Å². The fourth-order valence-electron chi connectivity index (χ4n) is 4.67. The van der Waals surface area contributed by atoms with Crippen molar-refractivity contribution < 1.29 is 9.90 Å². The van der Waals surface area contributed by atoms with Crippen LogP contribution in [-0.2, 0) is 0 Å². The molecule has 2 aliphatic heterocycles. The van der Waals surface area contributed by atoms with E-state index in [1.54, 1.807) is 25.1 Å². The number of H-pyrrole nitrogens is 1. The molecule has 0 aliphatic carbocycles. The summed E-state index contributed by atoms with van der Waals surface area (Å²) >= 11 is 0. The maximum Gasteiger partial charge on any atom is 0.261 e. The van der Waals surface area contributed by atoms with Gasteiger partial charge in [-0.3, -0.25) is 9.59 Å². The van der Waals surface area contributed by atoms with Gasteiger partial charge in [0.25, 0.3) is 11.5 Å². The molecule has 0 radical (unpaired) electrons. The number of phenolic OH excluding ortho intramolecular Hbond substituents is 1. The molecule has 5 rings (SSSR count). The molecule has 0 saturated carbocycles. The number of hydrogen-bond donors (Lipinski definition) is 4. The van der Waals surface area contributed by atoms with Crippen LogP contribution in [0.15, 0.2) is 35.1 Å². The highest BCUT2D eigenvalue weighted by atomic mass is 16.3. The van der Waals surface area contributed by atoms with Gasteiger partial charge in [-0.1, -0.05) is 0 Å². The minimum absolute atomic E-state index is 0.0344. The fraction of sp³-hybridized carbons (Fsp3) is 0.423. The Kier molecular flexibility index (Phi) is 7.20. The van der Waals surface area contributed by atoms with Gasteiger partial charge in [-0.25, -0.2) is 0 Å². The molecule has 1 aromatic carbocycles. The third-order valence-electron chi connectivity index (χ3n) is 6.69. The number of hydrogen-bond acceptors (Lipinski definition) is 9. The lowest BCUT2D eigenvalue weighted by atomic mass is 10.1. The number of carbonyl (C=O) groups excluding carboxylic acids is 1. The average Bonchev–Trinajstić information content (AvgIpc) is 2.91. The summed E-state index contributed by atoms with van der Waals surface area (Å²) in [4.78, 5) is 45.8. The molecule has 194 valence electrons. The molecule has 0 spiro atoms. The molecule has 2 fully saturated rings. The second-order valence-electron chi connectivity index (χ2n) is 9.55. The number of benzene rings is 1. The lowest BCUT2D eigenvalue weighted by molar-refractivity contribution is 0.102. The monoisotopic (exact) mass is 504 g/mol. The third kappa shape index (κ3) is 5.82. The van der Waals surface area contributed by atoms with Gasteiger partial charge in [0.2, 0.25) is 17.8 Å². The first kappa shape index (κ1) is 24.5. The first-order valence-corrected chi connectivity index (χ1v) is 12.8. The van der Waals surface area contributed by atoms with Crippen LogP contribution in [0.2, 0.25) is 0 Å². The highest BCUT2D eigenvalue weighted by molar-refractivity contribution is 6.04. The van der Waals surface area contributed by atoms with Crippen LogP contribution in [0.1, 0.15) is 54.6 Å². The van der Waals surface area contributed by atoms with Gasteiger partial charge < -0.3 is 30.5 Å². The predicted octanol–water partition coefficient (Wildman–Crippen LogP) is 3.55. The Balaban J connectivity index is 1.36. The quantitative estimate of drug-likeness (QED) is 0.371. The molecule has 0 atom stereocenters. The zero-order valence-corrected chi connectivity index (χ0v) is 21.0. The Morgan fingerprint density at radius 3 is 2.08 bits per heavy atom. The van der Waals surface area contributed by atoms with Crippen LogP contribution in [0.4, 0.5) is 29.2 Å². The summed E-state index contributed by atoms with van der Waals surface area (Å²) in [5, 5.41) is 16.4. The SMILES string of the molecule is Cc1ccc(C(=O)Nc2ccc(Nc3nc(N4CCCCC4)nc(N4CCCCC4)n3)cc2O)c(=O)[nH]1. The number of anilines is 5. The number of phenols is 1. The lowest BCUT2D eigenvalue weighted by Gasteiger charge is -2.30. The first-order valence-electron chi connectivity index (χ1n) is 12.8. The highest BCUT2D eigenvalue weighted by Crippen LogP contribution is 2.29. The van der Waals surface area contributed by atoms with Crippen molar-refractivity contribution in [2.24, 2.45) is 0 Å². The first-order chi connectivity index (χ1) is 18.0. The summed E-state index contributed by atoms with van der Waals surface area (Å²) in [7, 11) is 0. The largest absolute Gasteiger partial charge is 0.506 e. The van der Waals surface area contributed by atoms with Crippen LogP contribution in [0, 0.1) is 6.92 Å². The van der Waals surface area contributed by atoms with Crippen molar-refractivity contribution >= 4 is 35.1 Å². The Hall–Kier alpha value is -4.15. The van der Waals surface area contributed by atoms with E-state index in [2.05, 4.69) is 35.4 Å². The lowest BCUT2D eigenvalue weighted by Crippen LogP contribution is -2.34. The van der Waals surface area contributed by atoms with Crippen LogP contribution in [-0.4, -0.2) is 57.1 Å². The summed E-state index contributed by atoms with van der Waals surface area (Å²) in [5.41, 5.74) is 0.885. The number of piperidine rings is 2. The van der Waals surface area contributed by atoms with Crippen LogP contribution in [0.3, 0.4) is 0 Å². The minimum atomic E-state index is -0.605. The molecule has 2 aliphatic rings. The van der Waals surface area contributed by atoms with E-state index in [-0.39, 0.29) is 17.0 Å². The standard InChI is InChI=1S/C26H32N8O3/c1-17-8-10-19(22(36)27-17)23(37)29-20-11-9-18(16-21(20)35)28-24-30-25(33-12-4-2-5-13-33)32-26(31-24)34-14-6-3-7-15-34/h8-11,16,35H,2-7,12-15H2,1H3,(H,27,36)(H,29,37)(H,28,30,31,32). The normalized spacial score (nSPS) is 15.9. The van der Waals surface area contributed by atoms with Gasteiger partial charge in [-0.2, -0.15) is 15.0 Å². The van der Waals surface area contributed by atoms with Crippen LogP contribution < -0.4 is 26.0 Å². The van der Waals surface area contributed by atoms with E-state index in [9.17, 15) is 14.7 Å². The van der Waals surface area contributed by atoms with Gasteiger partial charge in [0, 0.05) is 43.6 Å². The number of nitrogens with one attached hydrogen (secondary N) is 3. The van der Waals surface area contributed by atoms with Crippen LogP contribution in [0.5, 0.6) is 5.75 Å². The van der Waals surface area contributed by atoms with E-state index < -0.39 is 11.5 Å². The Bertz CT molecular complexity index is 1290. The molecular formula is C26H32N8O3. The smallest absolute Gasteiger partial charge is 0.261 e. The van der Waals surface area contributed by atoms with Gasteiger partial charge in [-0.15, -0.1) is 0 Å². The third-order valence-corrected chi connectivity index (χ3v) is 6.69. The molecule has 4 heterocycles. The molecule has 3 aromatic rings. The summed E-state index contributed by atoms with van der Waals surface area (Å²) in [6.07, 6.45) is 6.89. The van der Waals surface area contributed by atoms with Gasteiger partial charge in [0.15, 0.2) is 0 Å². The molecule has 1 amide bonds. The minimum Gasteiger partial charge on any atom is -0.506 e. The van der Waals surface area contributed by atoms with Crippen molar-refractivity contribution in [3.8, 4) is 5.75 Å². The van der Waals surface area contributed by atoms with Gasteiger partial charge in [-0.05, 0) is 69.7 Å². The average molecular weight is 505 g/mol. The van der Waals surface area contributed by atoms with Crippen molar-refractivity contribution in [3.63, 3.8) is 0 Å². The number of pyridine rings is 1. The Morgan fingerprint density at radius 1 is 0.892 bits per heavy atom. The van der Waals surface area contributed by atoms with E-state index in [0.717, 1.165) is 51.9 Å². The van der Waals surface area contributed by atoms with Crippen molar-refractivity contribution in [2.45, 2.75) is 45.4 Å². The molecule has 2 saturated heterocycles. The number of aryl methyl sites for hydroxylation is 1. The van der Waals surface area contributed by atoms with Crippen LogP contribution in [0.25, 0.3) is 0 Å². The van der Waals surface area contributed by atoms with Crippen molar-refractivity contribution in [3.05, 3.63) is 51.9 Å². The van der Waals surface area contributed by atoms with Crippen molar-refractivity contribution in [1.29, 1.82) is 0 Å². The summed E-state index contributed by atoms with van der Waals surface area (Å²) in [6.45, 7) is 5.41. The van der Waals surface area contributed by atoms with E-state index in [0.29, 0.717) is 29.2 Å². The zero-order valence-electron chi connectivity index (χ0n) is 21.0. The second kappa shape index (κ2) is 10.9. The summed E-state index contributed by atoms with van der Waals surface area (Å²) < 4.78 is 0. The highest BCUT2D eigenvalue weighted by Gasteiger charge is 2.21. The van der Waals surface area contributed by atoms with E-state index in [1.807, 2.05) is 0 Å². The second-order valence-corrected chi connectivity index (χ2v) is 9.55. The van der Waals surface area contributed by atoms with Crippen molar-refractivity contribution in [2.75, 3.05) is 46.6 Å². The number of aromatic hydroxyl groups is 1. The summed E-state index contributed by atoms with van der Waals surface area (Å²) in [6, 6.07) is 7.86. The number of aromatic amines is 1. The Labute approximate surface area is 215 Å². The van der Waals surface area contributed by atoms with E-state index >= 15 is 0 Å².